The van der Waals surface area contributed by atoms with E-state index in [-0.39, 0.29) is 23.8 Å². The lowest BCUT2D eigenvalue weighted by atomic mass is 10.1. The molecule has 9 nitrogen and oxygen atoms in total. The predicted octanol–water partition coefficient (Wildman–Crippen LogP) is -0.799. The van der Waals surface area contributed by atoms with Crippen LogP contribution in [-0.2, 0) is 14.8 Å². The first-order valence-electron chi connectivity index (χ1n) is 6.84. The van der Waals surface area contributed by atoms with Crippen molar-refractivity contribution < 1.29 is 18.4 Å². The Morgan fingerprint density at radius 2 is 1.91 bits per heavy atom. The van der Waals surface area contributed by atoms with Gasteiger partial charge in [-0.2, -0.15) is 4.72 Å². The summed E-state index contributed by atoms with van der Waals surface area (Å²) in [6, 6.07) is 5.03. The van der Waals surface area contributed by atoms with Crippen LogP contribution in [0.3, 0.4) is 0 Å². The summed E-state index contributed by atoms with van der Waals surface area (Å²) in [5, 5.41) is 8.75. The van der Waals surface area contributed by atoms with Gasteiger partial charge in [-0.3, -0.25) is 15.0 Å². The van der Waals surface area contributed by atoms with Gasteiger partial charge >= 0.3 is 0 Å². The third-order valence-electron chi connectivity index (χ3n) is 3.00. The molecule has 0 spiro atoms. The van der Waals surface area contributed by atoms with Gasteiger partial charge in [-0.1, -0.05) is 17.7 Å². The number of rotatable bonds is 8. The number of sulfonamides is 1. The first-order valence-corrected chi connectivity index (χ1v) is 8.33. The monoisotopic (exact) mass is 343 g/mol. The summed E-state index contributed by atoms with van der Waals surface area (Å²) in [6.45, 7) is 2.07. The Bertz CT molecular complexity index is 653. The molecule has 0 fully saturated rings. The van der Waals surface area contributed by atoms with Gasteiger partial charge in [0.05, 0.1) is 4.90 Å². The molecular weight excluding hydrogens is 322 g/mol. The quantitative estimate of drug-likeness (QED) is 0.137. The summed E-state index contributed by atoms with van der Waals surface area (Å²) in [4.78, 5) is 15.4. The van der Waals surface area contributed by atoms with Gasteiger partial charge in [0.15, 0.2) is 5.96 Å². The molecule has 23 heavy (non-hydrogen) atoms. The number of nitrogens with one attached hydrogen (secondary N) is 2. The zero-order valence-corrected chi connectivity index (χ0v) is 13.5. The molecule has 0 bridgehead atoms. The van der Waals surface area contributed by atoms with Crippen molar-refractivity contribution in [2.45, 2.75) is 30.7 Å². The van der Waals surface area contributed by atoms with Crippen LogP contribution in [0.15, 0.2) is 34.2 Å². The van der Waals surface area contributed by atoms with Crippen molar-refractivity contribution in [3.05, 3.63) is 29.8 Å². The SMILES string of the molecule is Cc1ccc(S(=O)(=O)NC(CCCN=C(N)N)C(=O)NO)cc1. The van der Waals surface area contributed by atoms with Crippen LogP contribution in [0.25, 0.3) is 0 Å². The molecule has 0 saturated carbocycles. The maximum Gasteiger partial charge on any atom is 0.261 e. The Morgan fingerprint density at radius 3 is 2.43 bits per heavy atom. The molecule has 1 unspecified atom stereocenters. The highest BCUT2D eigenvalue weighted by Gasteiger charge is 2.25. The van der Waals surface area contributed by atoms with Crippen LogP contribution in [0.5, 0.6) is 0 Å². The first-order chi connectivity index (χ1) is 10.8. The Labute approximate surface area is 134 Å². The maximum absolute atomic E-state index is 12.3. The van der Waals surface area contributed by atoms with E-state index in [1.807, 2.05) is 6.92 Å². The van der Waals surface area contributed by atoms with Crippen LogP contribution in [-0.4, -0.2) is 38.1 Å². The molecule has 7 N–H and O–H groups in total. The molecule has 1 rings (SSSR count). The number of benzene rings is 1. The number of hydrogen-bond acceptors (Lipinski definition) is 5. The second kappa shape index (κ2) is 8.46. The molecule has 10 heteroatoms. The smallest absolute Gasteiger partial charge is 0.261 e. The molecule has 1 atom stereocenters. The fraction of sp³-hybridized carbons (Fsp3) is 0.385. The van der Waals surface area contributed by atoms with Crippen molar-refractivity contribution >= 4 is 21.9 Å². The molecule has 128 valence electrons. The summed E-state index contributed by atoms with van der Waals surface area (Å²) in [5.74, 6) is -0.946. The number of nitrogens with zero attached hydrogens (tertiary/aromatic N) is 1. The number of nitrogens with two attached hydrogens (primary N) is 2. The minimum Gasteiger partial charge on any atom is -0.370 e. The van der Waals surface area contributed by atoms with Crippen LogP contribution in [0.2, 0.25) is 0 Å². The zero-order valence-electron chi connectivity index (χ0n) is 12.7. The van der Waals surface area contributed by atoms with Gasteiger partial charge in [-0.25, -0.2) is 13.9 Å². The van der Waals surface area contributed by atoms with Crippen LogP contribution in [0.4, 0.5) is 0 Å². The van der Waals surface area contributed by atoms with Crippen LogP contribution in [0.1, 0.15) is 18.4 Å². The van der Waals surface area contributed by atoms with Crippen LogP contribution < -0.4 is 21.7 Å². The Balaban J connectivity index is 2.81. The van der Waals surface area contributed by atoms with Crippen molar-refractivity contribution in [1.82, 2.24) is 10.2 Å². The number of hydroxylamine groups is 1. The molecule has 0 heterocycles. The minimum atomic E-state index is -3.89. The largest absolute Gasteiger partial charge is 0.370 e. The Morgan fingerprint density at radius 1 is 1.30 bits per heavy atom. The van der Waals surface area contributed by atoms with E-state index in [2.05, 4.69) is 9.71 Å². The summed E-state index contributed by atoms with van der Waals surface area (Å²) in [7, 11) is -3.89. The molecule has 0 aromatic heterocycles. The first kappa shape index (κ1) is 18.9. The maximum atomic E-state index is 12.3. The third-order valence-corrected chi connectivity index (χ3v) is 4.49. The van der Waals surface area contributed by atoms with E-state index in [1.54, 1.807) is 12.1 Å². The highest BCUT2D eigenvalue weighted by Crippen LogP contribution is 2.12. The lowest BCUT2D eigenvalue weighted by molar-refractivity contribution is -0.131. The van der Waals surface area contributed by atoms with Crippen LogP contribution in [0, 0.1) is 6.92 Å². The number of carbonyl (C=O) groups is 1. The van der Waals surface area contributed by atoms with Gasteiger partial charge in [-0.05, 0) is 31.9 Å². The highest BCUT2D eigenvalue weighted by atomic mass is 32.2. The number of carbonyl (C=O) groups excluding carboxylic acids is 1. The Kier molecular flexibility index (Phi) is 6.94. The number of hydrogen-bond donors (Lipinski definition) is 5. The van der Waals surface area contributed by atoms with E-state index in [9.17, 15) is 13.2 Å². The molecule has 1 aromatic rings. The van der Waals surface area contributed by atoms with E-state index < -0.39 is 22.0 Å². The van der Waals surface area contributed by atoms with Crippen molar-refractivity contribution in [2.24, 2.45) is 16.5 Å². The number of amides is 1. The fourth-order valence-electron chi connectivity index (χ4n) is 1.80. The minimum absolute atomic E-state index is 0.0306. The van der Waals surface area contributed by atoms with Gasteiger partial charge in [0.1, 0.15) is 6.04 Å². The average molecular weight is 343 g/mol. The number of aliphatic imine (C=N–C) groups is 1. The van der Waals surface area contributed by atoms with E-state index in [0.29, 0.717) is 6.42 Å². The zero-order chi connectivity index (χ0) is 17.5. The van der Waals surface area contributed by atoms with Gasteiger partial charge in [0.2, 0.25) is 10.0 Å². The number of guanidine groups is 1. The number of aryl methyl sites for hydroxylation is 1. The van der Waals surface area contributed by atoms with Gasteiger partial charge in [0, 0.05) is 6.54 Å². The second-order valence-corrected chi connectivity index (χ2v) is 6.63. The van der Waals surface area contributed by atoms with Crippen molar-refractivity contribution in [1.29, 1.82) is 0 Å². The molecular formula is C13H21N5O4S. The molecule has 0 aliphatic carbocycles. The summed E-state index contributed by atoms with van der Waals surface area (Å²) < 4.78 is 26.8. The molecule has 0 radical (unpaired) electrons. The van der Waals surface area contributed by atoms with Crippen LogP contribution >= 0.6 is 0 Å². The Hall–Kier alpha value is -2.17. The topological polar surface area (TPSA) is 160 Å². The van der Waals surface area contributed by atoms with E-state index >= 15 is 0 Å². The van der Waals surface area contributed by atoms with E-state index in [4.69, 9.17) is 16.7 Å². The van der Waals surface area contributed by atoms with E-state index in [1.165, 1.54) is 17.6 Å². The normalized spacial score (nSPS) is 12.4. The molecule has 1 amide bonds. The lowest BCUT2D eigenvalue weighted by Gasteiger charge is -2.16. The van der Waals surface area contributed by atoms with Gasteiger partial charge in [-0.15, -0.1) is 0 Å². The fourth-order valence-corrected chi connectivity index (χ4v) is 3.03. The van der Waals surface area contributed by atoms with Crippen molar-refractivity contribution in [3.8, 4) is 0 Å². The van der Waals surface area contributed by atoms with Gasteiger partial charge < -0.3 is 11.5 Å². The van der Waals surface area contributed by atoms with Crippen molar-refractivity contribution in [2.75, 3.05) is 6.54 Å². The van der Waals surface area contributed by atoms with Crippen molar-refractivity contribution in [3.63, 3.8) is 0 Å². The standard InChI is InChI=1S/C13H21N5O4S/c1-9-4-6-10(7-5-9)23(21,22)18-11(12(19)17-20)3-2-8-16-13(14)15/h4-7,11,18,20H,2-3,8H2,1H3,(H,17,19)(H4,14,15,16). The summed E-state index contributed by atoms with van der Waals surface area (Å²) in [5.41, 5.74) is 12.7. The average Bonchev–Trinajstić information content (AvgIpc) is 2.49. The van der Waals surface area contributed by atoms with E-state index in [0.717, 1.165) is 5.56 Å². The molecule has 1 aromatic carbocycles. The molecule has 0 aliphatic heterocycles. The second-order valence-electron chi connectivity index (χ2n) is 4.91. The van der Waals surface area contributed by atoms with Gasteiger partial charge in [0.25, 0.3) is 5.91 Å². The molecule has 0 aliphatic rings. The summed E-state index contributed by atoms with van der Waals surface area (Å²) in [6.07, 6.45) is 0.473. The lowest BCUT2D eigenvalue weighted by Crippen LogP contribution is -2.45. The highest BCUT2D eigenvalue weighted by molar-refractivity contribution is 7.89. The third kappa shape index (κ3) is 6.22. The predicted molar refractivity (Wildman–Crippen MR) is 85.1 cm³/mol. The summed E-state index contributed by atoms with van der Waals surface area (Å²) >= 11 is 0. The molecule has 0 saturated heterocycles.